The molecule has 0 spiro atoms. The van der Waals surface area contributed by atoms with Crippen LogP contribution in [0.4, 0.5) is 0 Å². The number of halogens is 1. The van der Waals surface area contributed by atoms with Crippen LogP contribution in [0.25, 0.3) is 0 Å². The number of nitrogens with zero attached hydrogens (tertiary/aromatic N) is 1. The number of allylic oxidation sites excluding steroid dienone is 1. The summed E-state index contributed by atoms with van der Waals surface area (Å²) in [7, 11) is 0. The molecule has 24 heavy (non-hydrogen) atoms. The lowest BCUT2D eigenvalue weighted by atomic mass is 10.0. The number of hydrogen-bond acceptors (Lipinski definition) is 4. The summed E-state index contributed by atoms with van der Waals surface area (Å²) in [4.78, 5) is 36.4. The van der Waals surface area contributed by atoms with Gasteiger partial charge in [-0.2, -0.15) is 0 Å². The maximum Gasteiger partial charge on any atom is 0.352 e. The zero-order chi connectivity index (χ0) is 17.7. The van der Waals surface area contributed by atoms with Crippen LogP contribution in [0, 0.1) is 0 Å². The van der Waals surface area contributed by atoms with Crippen LogP contribution in [0.5, 0.6) is 5.75 Å². The molecule has 1 heterocycles. The highest BCUT2D eigenvalue weighted by Crippen LogP contribution is 2.21. The molecule has 1 atom stereocenters. The third-order valence-electron chi connectivity index (χ3n) is 3.45. The van der Waals surface area contributed by atoms with E-state index in [-0.39, 0.29) is 18.8 Å². The van der Waals surface area contributed by atoms with Crippen molar-refractivity contribution in [3.63, 3.8) is 0 Å². The second-order valence-electron chi connectivity index (χ2n) is 5.24. The number of alkyl halides is 1. The molecule has 1 aromatic rings. The molecule has 0 bridgehead atoms. The molecule has 0 aromatic heterocycles. The molecule has 0 radical (unpaired) electrons. The lowest BCUT2D eigenvalue weighted by molar-refractivity contribution is -0.149. The van der Waals surface area contributed by atoms with Gasteiger partial charge in [0.05, 0.1) is 6.54 Å². The van der Waals surface area contributed by atoms with Crippen molar-refractivity contribution >= 4 is 33.7 Å². The minimum Gasteiger partial charge on any atom is -0.484 e. The molecule has 1 fully saturated rings. The van der Waals surface area contributed by atoms with Gasteiger partial charge in [0.15, 0.2) is 6.61 Å². The molecular formula is C16H17BrN2O5. The van der Waals surface area contributed by atoms with Crippen molar-refractivity contribution in [1.29, 1.82) is 0 Å². The summed E-state index contributed by atoms with van der Waals surface area (Å²) in [5.74, 6) is -1.49. The number of amides is 2. The van der Waals surface area contributed by atoms with Gasteiger partial charge in [-0.05, 0) is 24.6 Å². The number of β-lactam (4-membered cyclic amide) rings is 1. The number of carboxylic acid groups (broad SMARTS) is 1. The number of hydrogen-bond donors (Lipinski definition) is 2. The number of ether oxygens (including phenoxy) is 1. The molecule has 1 unspecified atom stereocenters. The number of aliphatic carboxylic acids is 1. The summed E-state index contributed by atoms with van der Waals surface area (Å²) in [5, 5.41) is 12.1. The van der Waals surface area contributed by atoms with Crippen LogP contribution in [-0.4, -0.2) is 52.3 Å². The number of carboxylic acids is 1. The van der Waals surface area contributed by atoms with Crippen LogP contribution in [0.2, 0.25) is 0 Å². The van der Waals surface area contributed by atoms with Gasteiger partial charge in [-0.15, -0.1) is 0 Å². The van der Waals surface area contributed by atoms with Crippen molar-refractivity contribution in [2.45, 2.75) is 13.0 Å². The Hall–Kier alpha value is -2.35. The maximum atomic E-state index is 12.1. The molecule has 128 valence electrons. The Kier molecular flexibility index (Phi) is 5.97. The standard InChI is InChI=1S/C16H17BrN2O5/c1-10(7-17)14(16(22)23)19-8-12(15(19)21)18-13(20)9-24-11-5-3-2-4-6-11/h2-6,12H,7-9H2,1H3,(H,18,20)(H,22,23). The average molecular weight is 397 g/mol. The quantitative estimate of drug-likeness (QED) is 0.409. The molecule has 0 aliphatic carbocycles. The lowest BCUT2D eigenvalue weighted by Crippen LogP contribution is -2.64. The molecule has 0 saturated carbocycles. The molecule has 2 amide bonds. The van der Waals surface area contributed by atoms with Gasteiger partial charge >= 0.3 is 5.97 Å². The Balaban J connectivity index is 1.87. The third kappa shape index (κ3) is 4.14. The second-order valence-corrected chi connectivity index (χ2v) is 5.80. The first kappa shape index (κ1) is 18.0. The summed E-state index contributed by atoms with van der Waals surface area (Å²) < 4.78 is 5.29. The molecule has 1 saturated heterocycles. The van der Waals surface area contributed by atoms with E-state index in [0.29, 0.717) is 16.7 Å². The highest BCUT2D eigenvalue weighted by molar-refractivity contribution is 9.09. The van der Waals surface area contributed by atoms with E-state index in [1.54, 1.807) is 31.2 Å². The van der Waals surface area contributed by atoms with Gasteiger partial charge in [0.1, 0.15) is 17.5 Å². The number of likely N-dealkylation sites (tertiary alicyclic amines) is 1. The molecule has 1 aliphatic rings. The maximum absolute atomic E-state index is 12.1. The SMILES string of the molecule is CC(CBr)=C(C(=O)O)N1CC(NC(=O)COc2ccccc2)C1=O. The van der Waals surface area contributed by atoms with Crippen molar-refractivity contribution in [1.82, 2.24) is 10.2 Å². The Morgan fingerprint density at radius 2 is 2.04 bits per heavy atom. The average Bonchev–Trinajstić information content (AvgIpc) is 2.58. The minimum absolute atomic E-state index is 0.0529. The van der Waals surface area contributed by atoms with Crippen molar-refractivity contribution in [2.75, 3.05) is 18.5 Å². The van der Waals surface area contributed by atoms with Gasteiger partial charge in [-0.3, -0.25) is 9.59 Å². The van der Waals surface area contributed by atoms with E-state index in [2.05, 4.69) is 21.2 Å². The Morgan fingerprint density at radius 3 is 2.58 bits per heavy atom. The van der Waals surface area contributed by atoms with E-state index in [4.69, 9.17) is 4.74 Å². The highest BCUT2D eigenvalue weighted by Gasteiger charge is 2.42. The van der Waals surface area contributed by atoms with Gasteiger partial charge < -0.3 is 20.1 Å². The van der Waals surface area contributed by atoms with Crippen LogP contribution in [0.15, 0.2) is 41.6 Å². The van der Waals surface area contributed by atoms with Gasteiger partial charge in [-0.25, -0.2) is 4.79 Å². The van der Waals surface area contributed by atoms with E-state index in [1.807, 2.05) is 6.07 Å². The van der Waals surface area contributed by atoms with Gasteiger partial charge in [0, 0.05) is 5.33 Å². The summed E-state index contributed by atoms with van der Waals surface area (Å²) in [6.45, 7) is 1.54. The Morgan fingerprint density at radius 1 is 1.38 bits per heavy atom. The van der Waals surface area contributed by atoms with E-state index in [9.17, 15) is 19.5 Å². The van der Waals surface area contributed by atoms with E-state index in [1.165, 1.54) is 0 Å². The zero-order valence-electron chi connectivity index (χ0n) is 13.0. The van der Waals surface area contributed by atoms with Gasteiger partial charge in [-0.1, -0.05) is 34.1 Å². The molecule has 1 aromatic carbocycles. The van der Waals surface area contributed by atoms with Gasteiger partial charge in [0.2, 0.25) is 0 Å². The summed E-state index contributed by atoms with van der Waals surface area (Å²) in [5.41, 5.74) is 0.482. The largest absolute Gasteiger partial charge is 0.484 e. The highest BCUT2D eigenvalue weighted by atomic mass is 79.9. The predicted octanol–water partition coefficient (Wildman–Crippen LogP) is 1.15. The fourth-order valence-electron chi connectivity index (χ4n) is 2.23. The molecular weight excluding hydrogens is 380 g/mol. The van der Waals surface area contributed by atoms with Crippen LogP contribution in [0.3, 0.4) is 0 Å². The molecule has 2 rings (SSSR count). The van der Waals surface area contributed by atoms with E-state index in [0.717, 1.165) is 4.90 Å². The number of carbonyl (C=O) groups is 3. The molecule has 7 nitrogen and oxygen atoms in total. The first-order valence-electron chi connectivity index (χ1n) is 7.21. The third-order valence-corrected chi connectivity index (χ3v) is 4.30. The number of para-hydroxylation sites is 1. The van der Waals surface area contributed by atoms with Crippen LogP contribution in [-0.2, 0) is 14.4 Å². The fraction of sp³-hybridized carbons (Fsp3) is 0.312. The summed E-state index contributed by atoms with van der Waals surface area (Å²) in [6, 6.07) is 8.11. The number of rotatable bonds is 7. The Bertz CT molecular complexity index is 674. The number of benzene rings is 1. The molecule has 2 N–H and O–H groups in total. The lowest BCUT2D eigenvalue weighted by Gasteiger charge is -2.39. The van der Waals surface area contributed by atoms with Gasteiger partial charge in [0.25, 0.3) is 11.8 Å². The second kappa shape index (κ2) is 7.96. The van der Waals surface area contributed by atoms with E-state index < -0.39 is 23.8 Å². The van der Waals surface area contributed by atoms with Crippen molar-refractivity contribution in [3.05, 3.63) is 41.6 Å². The first-order valence-corrected chi connectivity index (χ1v) is 8.33. The Labute approximate surface area is 147 Å². The van der Waals surface area contributed by atoms with Crippen molar-refractivity contribution in [3.8, 4) is 5.75 Å². The molecule has 1 aliphatic heterocycles. The first-order chi connectivity index (χ1) is 11.4. The normalized spacial score (nSPS) is 17.7. The van der Waals surface area contributed by atoms with Crippen LogP contribution in [0.1, 0.15) is 6.92 Å². The monoisotopic (exact) mass is 396 g/mol. The summed E-state index contributed by atoms with van der Waals surface area (Å²) in [6.07, 6.45) is 0. The number of nitrogens with one attached hydrogen (secondary N) is 1. The fourth-order valence-corrected chi connectivity index (χ4v) is 2.49. The smallest absolute Gasteiger partial charge is 0.352 e. The van der Waals surface area contributed by atoms with Crippen LogP contribution >= 0.6 is 15.9 Å². The molecule has 8 heteroatoms. The van der Waals surface area contributed by atoms with Crippen molar-refractivity contribution in [2.24, 2.45) is 0 Å². The predicted molar refractivity (Wildman–Crippen MR) is 89.7 cm³/mol. The van der Waals surface area contributed by atoms with E-state index >= 15 is 0 Å². The topological polar surface area (TPSA) is 95.9 Å². The summed E-state index contributed by atoms with van der Waals surface area (Å²) >= 11 is 3.18. The minimum atomic E-state index is -1.17. The zero-order valence-corrected chi connectivity index (χ0v) is 14.6. The van der Waals surface area contributed by atoms with Crippen molar-refractivity contribution < 1.29 is 24.2 Å². The number of carbonyl (C=O) groups excluding carboxylic acids is 2. The van der Waals surface area contributed by atoms with Crippen LogP contribution < -0.4 is 10.1 Å².